The summed E-state index contributed by atoms with van der Waals surface area (Å²) < 4.78 is 25.1. The maximum Gasteiger partial charge on any atom is 0.406 e. The summed E-state index contributed by atoms with van der Waals surface area (Å²) in [6.45, 7) is 7.04. The zero-order valence-corrected chi connectivity index (χ0v) is 12.7. The monoisotopic (exact) mass is 317 g/mol. The molecular weight excluding hydrogens is 302 g/mol. The predicted octanol–water partition coefficient (Wildman–Crippen LogP) is 2.93. The molecule has 0 aromatic heterocycles. The maximum absolute atomic E-state index is 12.6. The van der Waals surface area contributed by atoms with Gasteiger partial charge in [0, 0.05) is 5.03 Å². The van der Waals surface area contributed by atoms with E-state index in [-0.39, 0.29) is 15.8 Å². The molecule has 0 heterocycles. The fraction of sp³-hybridized carbons (Fsp3) is 0.308. The van der Waals surface area contributed by atoms with E-state index in [1.54, 1.807) is 18.2 Å². The number of rotatable bonds is 5. The van der Waals surface area contributed by atoms with Gasteiger partial charge in [-0.3, -0.25) is 5.32 Å². The third-order valence-electron chi connectivity index (χ3n) is 2.70. The quantitative estimate of drug-likeness (QED) is 0.874. The number of amides is 1. The van der Waals surface area contributed by atoms with Crippen LogP contribution in [0.5, 0.6) is 0 Å². The third kappa shape index (κ3) is 3.52. The molecule has 1 atom stereocenters. The molecule has 0 saturated heterocycles. The lowest BCUT2D eigenvalue weighted by molar-refractivity contribution is 0.194. The molecule has 0 aliphatic rings. The molecule has 0 radical (unpaired) electrons. The van der Waals surface area contributed by atoms with E-state index in [0.717, 1.165) is 0 Å². The highest BCUT2D eigenvalue weighted by molar-refractivity contribution is 7.92. The Morgan fingerprint density at radius 2 is 1.90 bits per heavy atom. The molecule has 0 fully saturated rings. The first-order valence-corrected chi connectivity index (χ1v) is 7.77. The van der Waals surface area contributed by atoms with Gasteiger partial charge < -0.3 is 5.11 Å². The normalized spacial score (nSPS) is 13.0. The molecule has 0 bridgehead atoms. The fourth-order valence-electron chi connectivity index (χ4n) is 1.78. The molecule has 2 N–H and O–H groups in total. The fourth-order valence-corrected chi connectivity index (χ4v) is 3.93. The molecule has 0 spiro atoms. The van der Waals surface area contributed by atoms with Gasteiger partial charge in [0.1, 0.15) is 0 Å². The summed E-state index contributed by atoms with van der Waals surface area (Å²) >= 11 is 5.65. The average molecular weight is 318 g/mol. The molecule has 1 aromatic rings. The lowest BCUT2D eigenvalue weighted by Crippen LogP contribution is -2.40. The molecule has 1 unspecified atom stereocenters. The van der Waals surface area contributed by atoms with Crippen LogP contribution in [0.1, 0.15) is 25.3 Å². The predicted molar refractivity (Wildman–Crippen MR) is 77.7 cm³/mol. The van der Waals surface area contributed by atoms with Gasteiger partial charge in [-0.1, -0.05) is 50.2 Å². The van der Waals surface area contributed by atoms with Crippen LogP contribution < -0.4 is 5.32 Å². The van der Waals surface area contributed by atoms with Crippen LogP contribution >= 0.6 is 11.6 Å². The van der Waals surface area contributed by atoms with Gasteiger partial charge >= 0.3 is 6.09 Å². The molecule has 1 aromatic carbocycles. The molecule has 7 heteroatoms. The number of hydrogen-bond acceptors (Lipinski definition) is 3. The Morgan fingerprint density at radius 3 is 2.35 bits per heavy atom. The number of nitrogens with one attached hydrogen (secondary N) is 1. The van der Waals surface area contributed by atoms with Gasteiger partial charge in [-0.15, -0.1) is 0 Å². The summed E-state index contributed by atoms with van der Waals surface area (Å²) in [5.74, 6) is -0.0324. The third-order valence-corrected chi connectivity index (χ3v) is 5.05. The van der Waals surface area contributed by atoms with Crippen LogP contribution in [0.2, 0.25) is 0 Å². The van der Waals surface area contributed by atoms with Crippen molar-refractivity contribution >= 4 is 27.5 Å². The molecule has 1 amide bonds. The number of carboxylic acid groups (broad SMARTS) is 1. The van der Waals surface area contributed by atoms with Gasteiger partial charge in [0.2, 0.25) is 9.84 Å². The Labute approximate surface area is 123 Å². The molecule has 20 heavy (non-hydrogen) atoms. The van der Waals surface area contributed by atoms with E-state index in [1.807, 2.05) is 19.2 Å². The Kier molecular flexibility index (Phi) is 5.19. The van der Waals surface area contributed by atoms with Gasteiger partial charge in [0.15, 0.2) is 5.37 Å². The first-order valence-electron chi connectivity index (χ1n) is 5.84. The Hall–Kier alpha value is -1.53. The van der Waals surface area contributed by atoms with E-state index in [1.165, 1.54) is 6.07 Å². The highest BCUT2D eigenvalue weighted by Crippen LogP contribution is 2.28. The first-order chi connectivity index (χ1) is 9.17. The molecular formula is C13H16ClNO4S. The number of sulfone groups is 1. The average Bonchev–Trinajstić information content (AvgIpc) is 2.35. The summed E-state index contributed by atoms with van der Waals surface area (Å²) in [6, 6.07) is 6.42. The van der Waals surface area contributed by atoms with Gasteiger partial charge in [-0.05, 0) is 17.5 Å². The van der Waals surface area contributed by atoms with E-state index in [4.69, 9.17) is 16.7 Å². The van der Waals surface area contributed by atoms with Crippen LogP contribution in [0, 0.1) is 0 Å². The van der Waals surface area contributed by atoms with Crippen LogP contribution in [-0.4, -0.2) is 25.0 Å². The summed E-state index contributed by atoms with van der Waals surface area (Å²) in [5.41, 5.74) is 0.600. The number of halogens is 1. The molecule has 0 aliphatic carbocycles. The second-order valence-corrected chi connectivity index (χ2v) is 7.00. The van der Waals surface area contributed by atoms with Crippen molar-refractivity contribution in [3.63, 3.8) is 0 Å². The lowest BCUT2D eigenvalue weighted by atomic mass is 10.0. The number of carbonyl (C=O) groups is 1. The van der Waals surface area contributed by atoms with Crippen LogP contribution in [0.15, 0.2) is 40.8 Å². The van der Waals surface area contributed by atoms with Crippen molar-refractivity contribution in [1.82, 2.24) is 5.32 Å². The number of hydrogen-bond donors (Lipinski definition) is 2. The summed E-state index contributed by atoms with van der Waals surface area (Å²) in [6.07, 6.45) is -1.48. The van der Waals surface area contributed by atoms with Gasteiger partial charge in [-0.25, -0.2) is 13.2 Å². The van der Waals surface area contributed by atoms with Gasteiger partial charge in [0.05, 0.1) is 4.90 Å². The number of benzene rings is 1. The van der Waals surface area contributed by atoms with E-state index in [0.29, 0.717) is 5.56 Å². The maximum atomic E-state index is 12.6. The van der Waals surface area contributed by atoms with Gasteiger partial charge in [-0.2, -0.15) is 0 Å². The van der Waals surface area contributed by atoms with Crippen LogP contribution in [-0.2, 0) is 9.84 Å². The Morgan fingerprint density at radius 1 is 1.35 bits per heavy atom. The highest BCUT2D eigenvalue weighted by Gasteiger charge is 2.32. The Bertz CT molecular complexity index is 625. The van der Waals surface area contributed by atoms with Crippen molar-refractivity contribution in [2.45, 2.75) is 30.0 Å². The standard InChI is InChI=1S/C13H16ClNO4S/c1-8(2)10-6-4-5-7-11(10)20(18,19)12(9(3)14)15-13(16)17/h4-8,12,15H,3H2,1-2H3,(H,16,17). The van der Waals surface area contributed by atoms with Crippen LogP contribution in [0.3, 0.4) is 0 Å². The van der Waals surface area contributed by atoms with Crippen molar-refractivity contribution in [2.75, 3.05) is 0 Å². The molecule has 0 aliphatic heterocycles. The van der Waals surface area contributed by atoms with E-state index < -0.39 is 21.3 Å². The SMILES string of the molecule is C=C(Cl)C(NC(=O)O)S(=O)(=O)c1ccccc1C(C)C. The highest BCUT2D eigenvalue weighted by atomic mass is 35.5. The molecule has 1 rings (SSSR count). The largest absolute Gasteiger partial charge is 0.465 e. The van der Waals surface area contributed by atoms with Crippen molar-refractivity contribution in [1.29, 1.82) is 0 Å². The van der Waals surface area contributed by atoms with Crippen LogP contribution in [0.25, 0.3) is 0 Å². The minimum Gasteiger partial charge on any atom is -0.465 e. The smallest absolute Gasteiger partial charge is 0.406 e. The Balaban J connectivity index is 3.41. The van der Waals surface area contributed by atoms with Crippen LogP contribution in [0.4, 0.5) is 4.79 Å². The second-order valence-electron chi connectivity index (χ2n) is 4.51. The molecule has 5 nitrogen and oxygen atoms in total. The first kappa shape index (κ1) is 16.5. The summed E-state index contributed by atoms with van der Waals surface area (Å²) in [7, 11) is -3.99. The van der Waals surface area contributed by atoms with E-state index in [2.05, 4.69) is 6.58 Å². The van der Waals surface area contributed by atoms with Crippen molar-refractivity contribution in [3.8, 4) is 0 Å². The van der Waals surface area contributed by atoms with Crippen molar-refractivity contribution in [2.24, 2.45) is 0 Å². The van der Waals surface area contributed by atoms with E-state index >= 15 is 0 Å². The minimum atomic E-state index is -3.99. The lowest BCUT2D eigenvalue weighted by Gasteiger charge is -2.19. The molecule has 0 saturated carbocycles. The topological polar surface area (TPSA) is 83.5 Å². The van der Waals surface area contributed by atoms with E-state index in [9.17, 15) is 13.2 Å². The van der Waals surface area contributed by atoms with Crippen molar-refractivity contribution < 1.29 is 18.3 Å². The zero-order valence-electron chi connectivity index (χ0n) is 11.1. The second kappa shape index (κ2) is 6.28. The zero-order chi connectivity index (χ0) is 15.5. The molecule has 110 valence electrons. The summed E-state index contributed by atoms with van der Waals surface area (Å²) in [5, 5.41) is 8.75. The summed E-state index contributed by atoms with van der Waals surface area (Å²) in [4.78, 5) is 10.8. The van der Waals surface area contributed by atoms with Crippen molar-refractivity contribution in [3.05, 3.63) is 41.4 Å². The van der Waals surface area contributed by atoms with Gasteiger partial charge in [0.25, 0.3) is 0 Å². The minimum absolute atomic E-state index is 0.0324.